The molecule has 0 atom stereocenters. The van der Waals surface area contributed by atoms with E-state index in [9.17, 15) is 0 Å². The topological polar surface area (TPSA) is 48.8 Å². The van der Waals surface area contributed by atoms with Crippen molar-refractivity contribution < 1.29 is 0 Å². The van der Waals surface area contributed by atoms with Gasteiger partial charge in [0.05, 0.1) is 4.75 Å². The van der Waals surface area contributed by atoms with Crippen molar-refractivity contribution in [2.75, 3.05) is 6.54 Å². The molecule has 4 heteroatoms. The molecule has 3 aromatic carbocycles. The standard InChI is InChI=1S/C22H19N3S/c23-25-24-17-10-18-26-22(19-11-4-1-5-12-19,20-13-6-2-7-14-20)21-15-8-3-9-16-21/h1-16,18H,17H2. The first-order valence-electron chi connectivity index (χ1n) is 8.38. The van der Waals surface area contributed by atoms with Gasteiger partial charge in [0.1, 0.15) is 0 Å². The van der Waals surface area contributed by atoms with Gasteiger partial charge >= 0.3 is 0 Å². The molecule has 0 fully saturated rings. The summed E-state index contributed by atoms with van der Waals surface area (Å²) in [4.78, 5) is 2.81. The Morgan fingerprint density at radius 2 is 1.19 bits per heavy atom. The highest BCUT2D eigenvalue weighted by atomic mass is 32.2. The van der Waals surface area contributed by atoms with Gasteiger partial charge in [0, 0.05) is 11.5 Å². The highest BCUT2D eigenvalue weighted by Gasteiger charge is 2.36. The third kappa shape index (κ3) is 3.83. The van der Waals surface area contributed by atoms with Gasteiger partial charge in [-0.2, -0.15) is 0 Å². The van der Waals surface area contributed by atoms with E-state index in [-0.39, 0.29) is 4.75 Å². The zero-order valence-corrected chi connectivity index (χ0v) is 15.1. The quantitative estimate of drug-likeness (QED) is 0.205. The van der Waals surface area contributed by atoms with Crippen molar-refractivity contribution in [3.8, 4) is 0 Å². The average Bonchev–Trinajstić information content (AvgIpc) is 2.73. The van der Waals surface area contributed by atoms with Crippen molar-refractivity contribution in [1.82, 2.24) is 0 Å². The first-order valence-corrected chi connectivity index (χ1v) is 9.26. The normalized spacial score (nSPS) is 11.2. The second-order valence-corrected chi connectivity index (χ2v) is 6.80. The lowest BCUT2D eigenvalue weighted by Crippen LogP contribution is -2.24. The fraction of sp³-hybridized carbons (Fsp3) is 0.0909. The van der Waals surface area contributed by atoms with Gasteiger partial charge in [-0.25, -0.2) is 0 Å². The molecule has 0 aliphatic carbocycles. The fourth-order valence-corrected chi connectivity index (χ4v) is 4.20. The van der Waals surface area contributed by atoms with E-state index in [4.69, 9.17) is 5.53 Å². The van der Waals surface area contributed by atoms with Crippen LogP contribution in [0.2, 0.25) is 0 Å². The Labute approximate surface area is 158 Å². The van der Waals surface area contributed by atoms with Crippen LogP contribution in [0.25, 0.3) is 10.4 Å². The summed E-state index contributed by atoms with van der Waals surface area (Å²) in [6, 6.07) is 31.5. The summed E-state index contributed by atoms with van der Waals surface area (Å²) in [5.74, 6) is 0. The van der Waals surface area contributed by atoms with E-state index in [1.807, 2.05) is 29.7 Å². The van der Waals surface area contributed by atoms with Crippen LogP contribution in [0.1, 0.15) is 16.7 Å². The zero-order chi connectivity index (χ0) is 18.1. The van der Waals surface area contributed by atoms with Crippen molar-refractivity contribution in [1.29, 1.82) is 0 Å². The Morgan fingerprint density at radius 3 is 1.58 bits per heavy atom. The summed E-state index contributed by atoms with van der Waals surface area (Å²) >= 11 is 1.71. The molecular weight excluding hydrogens is 338 g/mol. The molecule has 0 saturated carbocycles. The Morgan fingerprint density at radius 1 is 0.769 bits per heavy atom. The summed E-state index contributed by atoms with van der Waals surface area (Å²) in [5, 5.41) is 5.62. The minimum atomic E-state index is -0.378. The third-order valence-corrected chi connectivity index (χ3v) is 5.52. The van der Waals surface area contributed by atoms with Crippen LogP contribution in [0.4, 0.5) is 0 Å². The maximum absolute atomic E-state index is 8.48. The Kier molecular flexibility index (Phi) is 6.15. The predicted octanol–water partition coefficient (Wildman–Crippen LogP) is 6.54. The number of hydrogen-bond donors (Lipinski definition) is 0. The third-order valence-electron chi connectivity index (χ3n) is 4.13. The van der Waals surface area contributed by atoms with Crippen molar-refractivity contribution in [2.45, 2.75) is 4.75 Å². The van der Waals surface area contributed by atoms with Crippen molar-refractivity contribution in [3.63, 3.8) is 0 Å². The predicted molar refractivity (Wildman–Crippen MR) is 110 cm³/mol. The molecule has 26 heavy (non-hydrogen) atoms. The average molecular weight is 357 g/mol. The zero-order valence-electron chi connectivity index (χ0n) is 14.3. The lowest BCUT2D eigenvalue weighted by molar-refractivity contribution is 0.900. The van der Waals surface area contributed by atoms with E-state index in [0.29, 0.717) is 6.54 Å². The van der Waals surface area contributed by atoms with Crippen molar-refractivity contribution in [3.05, 3.63) is 130 Å². The smallest absolute Gasteiger partial charge is 0.0948 e. The molecule has 3 nitrogen and oxygen atoms in total. The summed E-state index contributed by atoms with van der Waals surface area (Å²) in [6.45, 7) is 0.345. The van der Waals surface area contributed by atoms with Crippen LogP contribution in [0.5, 0.6) is 0 Å². The Bertz CT molecular complexity index is 790. The first kappa shape index (κ1) is 17.9. The maximum Gasteiger partial charge on any atom is 0.0948 e. The van der Waals surface area contributed by atoms with Gasteiger partial charge in [-0.1, -0.05) is 102 Å². The number of azide groups is 1. The molecule has 3 rings (SSSR count). The highest BCUT2D eigenvalue weighted by Crippen LogP contribution is 2.48. The van der Waals surface area contributed by atoms with Crippen LogP contribution in [0.15, 0.2) is 108 Å². The molecule has 3 aromatic rings. The number of nitrogens with zero attached hydrogens (tertiary/aromatic N) is 3. The van der Waals surface area contributed by atoms with Crippen LogP contribution in [0.3, 0.4) is 0 Å². The van der Waals surface area contributed by atoms with E-state index in [1.54, 1.807) is 11.8 Å². The van der Waals surface area contributed by atoms with E-state index < -0.39 is 0 Å². The molecule has 0 radical (unpaired) electrons. The molecule has 0 unspecified atom stereocenters. The molecular formula is C22H19N3S. The minimum absolute atomic E-state index is 0.345. The Balaban J connectivity index is 2.17. The molecule has 0 amide bonds. The molecule has 0 aliphatic rings. The molecule has 0 bridgehead atoms. The number of benzene rings is 3. The number of hydrogen-bond acceptors (Lipinski definition) is 2. The van der Waals surface area contributed by atoms with Gasteiger partial charge in [0.2, 0.25) is 0 Å². The molecule has 128 valence electrons. The van der Waals surface area contributed by atoms with Crippen LogP contribution in [0, 0.1) is 0 Å². The molecule has 0 N–H and O–H groups in total. The fourth-order valence-electron chi connectivity index (χ4n) is 3.00. The van der Waals surface area contributed by atoms with Crippen molar-refractivity contribution in [2.24, 2.45) is 5.11 Å². The summed E-state index contributed by atoms with van der Waals surface area (Å²) in [7, 11) is 0. The number of rotatable bonds is 7. The van der Waals surface area contributed by atoms with Gasteiger partial charge in [0.15, 0.2) is 0 Å². The van der Waals surface area contributed by atoms with Crippen molar-refractivity contribution >= 4 is 11.8 Å². The molecule has 0 heterocycles. The van der Waals surface area contributed by atoms with Crippen LogP contribution in [-0.4, -0.2) is 6.54 Å². The molecule has 0 spiro atoms. The van der Waals surface area contributed by atoms with E-state index in [1.165, 1.54) is 16.7 Å². The van der Waals surface area contributed by atoms with Gasteiger partial charge in [-0.15, -0.1) is 11.8 Å². The minimum Gasteiger partial charge on any atom is -0.113 e. The highest BCUT2D eigenvalue weighted by molar-refractivity contribution is 8.03. The van der Waals surface area contributed by atoms with Gasteiger partial charge in [-0.05, 0) is 27.6 Å². The SMILES string of the molecule is [N-]=[N+]=NCC=CSC(c1ccccc1)(c1ccccc1)c1ccccc1. The van der Waals surface area contributed by atoms with Crippen LogP contribution >= 0.6 is 11.8 Å². The van der Waals surface area contributed by atoms with E-state index >= 15 is 0 Å². The lowest BCUT2D eigenvalue weighted by atomic mass is 9.84. The van der Waals surface area contributed by atoms with Gasteiger partial charge in [0.25, 0.3) is 0 Å². The largest absolute Gasteiger partial charge is 0.113 e. The van der Waals surface area contributed by atoms with Crippen LogP contribution in [-0.2, 0) is 4.75 Å². The first-order chi connectivity index (χ1) is 12.9. The second-order valence-electron chi connectivity index (χ2n) is 5.68. The molecule has 0 aromatic heterocycles. The summed E-state index contributed by atoms with van der Waals surface area (Å²) in [6.07, 6.45) is 1.90. The van der Waals surface area contributed by atoms with E-state index in [0.717, 1.165) is 0 Å². The molecule has 0 saturated heterocycles. The summed E-state index contributed by atoms with van der Waals surface area (Å²) < 4.78 is -0.378. The van der Waals surface area contributed by atoms with Gasteiger partial charge in [-0.3, -0.25) is 0 Å². The maximum atomic E-state index is 8.48. The van der Waals surface area contributed by atoms with Gasteiger partial charge < -0.3 is 0 Å². The lowest BCUT2D eigenvalue weighted by Gasteiger charge is -2.34. The van der Waals surface area contributed by atoms with Crippen LogP contribution < -0.4 is 0 Å². The second kappa shape index (κ2) is 8.95. The Hall–Kier alpha value is -2.94. The van der Waals surface area contributed by atoms with E-state index in [2.05, 4.69) is 82.8 Å². The molecule has 0 aliphatic heterocycles. The monoisotopic (exact) mass is 357 g/mol. The summed E-state index contributed by atoms with van der Waals surface area (Å²) in [5.41, 5.74) is 12.1. The number of thioether (sulfide) groups is 1.